The molecule has 16 heavy (non-hydrogen) atoms. The summed E-state index contributed by atoms with van der Waals surface area (Å²) in [5.74, 6) is 2.97. The third-order valence-electron chi connectivity index (χ3n) is 2.43. The van der Waals surface area contributed by atoms with Crippen molar-refractivity contribution in [3.8, 4) is 12.3 Å². The number of terminal acetylenes is 1. The van der Waals surface area contributed by atoms with Crippen LogP contribution >= 0.6 is 0 Å². The Kier molecular flexibility index (Phi) is 3.07. The van der Waals surface area contributed by atoms with Gasteiger partial charge in [0.2, 0.25) is 0 Å². The van der Waals surface area contributed by atoms with Gasteiger partial charge in [-0.15, -0.1) is 12.3 Å². The second-order valence-corrected chi connectivity index (χ2v) is 3.63. The minimum atomic E-state index is 0.0199. The van der Waals surface area contributed by atoms with Crippen LogP contribution in [0.2, 0.25) is 0 Å². The fourth-order valence-electron chi connectivity index (χ4n) is 1.59. The van der Waals surface area contributed by atoms with Crippen LogP contribution in [0.25, 0.3) is 11.0 Å². The third kappa shape index (κ3) is 2.14. The van der Waals surface area contributed by atoms with Gasteiger partial charge < -0.3 is 4.42 Å². The summed E-state index contributed by atoms with van der Waals surface area (Å²) in [6.45, 7) is 0. The van der Waals surface area contributed by atoms with Crippen LogP contribution in [0, 0.1) is 12.3 Å². The van der Waals surface area contributed by atoms with E-state index in [1.807, 2.05) is 24.3 Å². The molecule has 0 N–H and O–H groups in total. The van der Waals surface area contributed by atoms with Crippen molar-refractivity contribution in [2.45, 2.75) is 19.3 Å². The van der Waals surface area contributed by atoms with Crippen molar-refractivity contribution in [3.63, 3.8) is 0 Å². The van der Waals surface area contributed by atoms with Gasteiger partial charge in [-0.1, -0.05) is 18.2 Å². The van der Waals surface area contributed by atoms with Crippen molar-refractivity contribution in [2.75, 3.05) is 0 Å². The summed E-state index contributed by atoms with van der Waals surface area (Å²) < 4.78 is 5.46. The van der Waals surface area contributed by atoms with E-state index in [2.05, 4.69) is 5.92 Å². The Morgan fingerprint density at radius 2 is 2.19 bits per heavy atom. The first-order valence-electron chi connectivity index (χ1n) is 5.26. The molecule has 0 fully saturated rings. The lowest BCUT2D eigenvalue weighted by atomic mass is 10.1. The highest BCUT2D eigenvalue weighted by molar-refractivity contribution is 5.97. The smallest absolute Gasteiger partial charge is 0.198 e. The maximum atomic E-state index is 11.7. The second kappa shape index (κ2) is 4.67. The molecule has 2 rings (SSSR count). The first-order valence-corrected chi connectivity index (χ1v) is 5.26. The van der Waals surface area contributed by atoms with Crippen LogP contribution in [0.5, 0.6) is 0 Å². The quantitative estimate of drug-likeness (QED) is 0.441. The first-order chi connectivity index (χ1) is 7.81. The molecular formula is C14H12O2. The van der Waals surface area contributed by atoms with Crippen LogP contribution in [-0.4, -0.2) is 5.78 Å². The van der Waals surface area contributed by atoms with E-state index in [0.29, 0.717) is 25.0 Å². The van der Waals surface area contributed by atoms with Gasteiger partial charge in [0, 0.05) is 18.2 Å². The summed E-state index contributed by atoms with van der Waals surface area (Å²) in [7, 11) is 0. The number of carbonyl (C=O) groups is 1. The lowest BCUT2D eigenvalue weighted by Gasteiger charge is -1.93. The average molecular weight is 212 g/mol. The minimum Gasteiger partial charge on any atom is -0.453 e. The maximum Gasteiger partial charge on any atom is 0.198 e. The zero-order valence-electron chi connectivity index (χ0n) is 8.90. The highest BCUT2D eigenvalue weighted by Crippen LogP contribution is 2.20. The van der Waals surface area contributed by atoms with Gasteiger partial charge in [0.05, 0.1) is 0 Å². The average Bonchev–Trinajstić information content (AvgIpc) is 2.73. The van der Waals surface area contributed by atoms with E-state index in [-0.39, 0.29) is 5.78 Å². The summed E-state index contributed by atoms with van der Waals surface area (Å²) in [5, 5.41) is 0.961. The fraction of sp³-hybridized carbons (Fsp3) is 0.214. The molecule has 0 radical (unpaired) electrons. The molecule has 1 aromatic carbocycles. The van der Waals surface area contributed by atoms with E-state index in [0.717, 1.165) is 11.0 Å². The number of ketones is 1. The summed E-state index contributed by atoms with van der Waals surface area (Å²) >= 11 is 0. The van der Waals surface area contributed by atoms with Crippen LogP contribution < -0.4 is 0 Å². The molecule has 0 aliphatic carbocycles. The van der Waals surface area contributed by atoms with Crippen molar-refractivity contribution in [3.05, 3.63) is 36.1 Å². The Morgan fingerprint density at radius 3 is 2.94 bits per heavy atom. The Morgan fingerprint density at radius 1 is 1.38 bits per heavy atom. The van der Waals surface area contributed by atoms with Crippen molar-refractivity contribution < 1.29 is 9.21 Å². The summed E-state index contributed by atoms with van der Waals surface area (Å²) in [4.78, 5) is 11.7. The monoisotopic (exact) mass is 212 g/mol. The van der Waals surface area contributed by atoms with Crippen molar-refractivity contribution >= 4 is 16.8 Å². The van der Waals surface area contributed by atoms with Gasteiger partial charge >= 0.3 is 0 Å². The number of furan rings is 1. The van der Waals surface area contributed by atoms with Crippen molar-refractivity contribution in [2.24, 2.45) is 0 Å². The molecule has 2 heteroatoms. The zero-order chi connectivity index (χ0) is 11.4. The van der Waals surface area contributed by atoms with E-state index < -0.39 is 0 Å². The van der Waals surface area contributed by atoms with Crippen molar-refractivity contribution in [1.82, 2.24) is 0 Å². The minimum absolute atomic E-state index is 0.0199. The summed E-state index contributed by atoms with van der Waals surface area (Å²) in [6.07, 6.45) is 6.92. The Hall–Kier alpha value is -2.01. The van der Waals surface area contributed by atoms with Crippen LogP contribution in [0.15, 0.2) is 34.7 Å². The Bertz CT molecular complexity index is 510. The van der Waals surface area contributed by atoms with Gasteiger partial charge in [-0.25, -0.2) is 0 Å². The number of unbranched alkanes of at least 4 members (excludes halogenated alkanes) is 1. The predicted molar refractivity (Wildman–Crippen MR) is 63.2 cm³/mol. The van der Waals surface area contributed by atoms with Crippen LogP contribution in [0.3, 0.4) is 0 Å². The molecule has 2 aromatic rings. The molecule has 0 amide bonds. The van der Waals surface area contributed by atoms with Gasteiger partial charge in [0.15, 0.2) is 11.5 Å². The predicted octanol–water partition coefficient (Wildman–Crippen LogP) is 3.42. The molecule has 1 aromatic heterocycles. The van der Waals surface area contributed by atoms with E-state index >= 15 is 0 Å². The third-order valence-corrected chi connectivity index (χ3v) is 2.43. The molecule has 0 saturated carbocycles. The van der Waals surface area contributed by atoms with Crippen LogP contribution in [-0.2, 0) is 0 Å². The highest BCUT2D eigenvalue weighted by Gasteiger charge is 2.10. The topological polar surface area (TPSA) is 30.2 Å². The molecule has 0 atom stereocenters. The largest absolute Gasteiger partial charge is 0.453 e. The van der Waals surface area contributed by atoms with E-state index in [1.165, 1.54) is 0 Å². The van der Waals surface area contributed by atoms with Gasteiger partial charge in [-0.2, -0.15) is 0 Å². The number of carbonyl (C=O) groups excluding carboxylic acids is 1. The second-order valence-electron chi connectivity index (χ2n) is 3.63. The number of fused-ring (bicyclic) bond motifs is 1. The van der Waals surface area contributed by atoms with Crippen LogP contribution in [0.4, 0.5) is 0 Å². The molecule has 0 unspecified atom stereocenters. The maximum absolute atomic E-state index is 11.7. The van der Waals surface area contributed by atoms with E-state index in [1.54, 1.807) is 6.07 Å². The fourth-order valence-corrected chi connectivity index (χ4v) is 1.59. The van der Waals surface area contributed by atoms with Crippen LogP contribution in [0.1, 0.15) is 29.8 Å². The van der Waals surface area contributed by atoms with Crippen molar-refractivity contribution in [1.29, 1.82) is 0 Å². The number of hydrogen-bond acceptors (Lipinski definition) is 2. The van der Waals surface area contributed by atoms with E-state index in [4.69, 9.17) is 10.8 Å². The lowest BCUT2D eigenvalue weighted by molar-refractivity contribution is 0.0956. The van der Waals surface area contributed by atoms with Gasteiger partial charge in [0.25, 0.3) is 0 Å². The molecule has 0 aliphatic rings. The van der Waals surface area contributed by atoms with Gasteiger partial charge in [0.1, 0.15) is 5.58 Å². The molecule has 80 valence electrons. The lowest BCUT2D eigenvalue weighted by Crippen LogP contribution is -1.95. The molecule has 0 spiro atoms. The molecular weight excluding hydrogens is 200 g/mol. The molecule has 2 nitrogen and oxygen atoms in total. The molecule has 0 bridgehead atoms. The number of para-hydroxylation sites is 1. The number of benzene rings is 1. The first kappa shape index (κ1) is 10.5. The zero-order valence-corrected chi connectivity index (χ0v) is 8.90. The molecule has 1 heterocycles. The number of Topliss-reactive ketones (excluding diaryl/α,β-unsaturated/α-hetero) is 1. The van der Waals surface area contributed by atoms with Gasteiger partial charge in [-0.05, 0) is 18.6 Å². The van der Waals surface area contributed by atoms with E-state index in [9.17, 15) is 4.79 Å². The van der Waals surface area contributed by atoms with Gasteiger partial charge in [-0.3, -0.25) is 4.79 Å². The summed E-state index contributed by atoms with van der Waals surface area (Å²) in [6, 6.07) is 9.38. The summed E-state index contributed by atoms with van der Waals surface area (Å²) in [5.41, 5.74) is 0.753. The molecule has 0 saturated heterocycles. The number of rotatable bonds is 4. The Labute approximate surface area is 94.3 Å². The number of hydrogen-bond donors (Lipinski definition) is 0. The molecule has 0 aliphatic heterocycles. The normalized spacial score (nSPS) is 10.2. The highest BCUT2D eigenvalue weighted by atomic mass is 16.3. The standard InChI is InChI=1S/C14H12O2/c1-2-3-4-8-12(15)14-10-11-7-5-6-9-13(11)16-14/h1,5-7,9-10H,3-4,8H2. The SMILES string of the molecule is C#CCCCC(=O)c1cc2ccccc2o1. The Balaban J connectivity index is 2.14.